The van der Waals surface area contributed by atoms with Crippen LogP contribution in [0.15, 0.2) is 23.1 Å². The van der Waals surface area contributed by atoms with Crippen LogP contribution in [0, 0.1) is 0 Å². The number of rotatable bonds is 4. The smallest absolute Gasteiger partial charge is 0.177 e. The molecule has 2 aromatic carbocycles. The van der Waals surface area contributed by atoms with E-state index in [9.17, 15) is 8.42 Å². The van der Waals surface area contributed by atoms with Gasteiger partial charge in [-0.3, -0.25) is 0 Å². The summed E-state index contributed by atoms with van der Waals surface area (Å²) in [5, 5.41) is 2.16. The van der Waals surface area contributed by atoms with Crippen LogP contribution in [0.2, 0.25) is 5.02 Å². The first-order valence-electron chi connectivity index (χ1n) is 6.79. The molecule has 0 N–H and O–H groups in total. The molecule has 0 radical (unpaired) electrons. The lowest BCUT2D eigenvalue weighted by atomic mass is 10.0. The molecular weight excluding hydrogens is 329 g/mol. The maximum absolute atomic E-state index is 11.5. The molecule has 2 aromatic heterocycles. The molecule has 21 heavy (non-hydrogen) atoms. The zero-order valence-corrected chi connectivity index (χ0v) is 14.3. The first-order valence-corrected chi connectivity index (χ1v) is 9.60. The standard InChI is InChI=1S/C10H6ClNO2S.C5H11Cl/c1-15(13,14)7-4-5-2-3-6(11)8-9(5)12-10(7)8;1-2-3-4-5-6/h2-4H,1H3;2-5H2,1H3. The quantitative estimate of drug-likeness (QED) is 0.507. The molecule has 0 saturated carbocycles. The highest BCUT2D eigenvalue weighted by Crippen LogP contribution is 2.39. The molecule has 4 rings (SSSR count). The van der Waals surface area contributed by atoms with E-state index in [2.05, 4.69) is 11.9 Å². The van der Waals surface area contributed by atoms with Gasteiger partial charge in [0.05, 0.1) is 21.0 Å². The molecule has 3 nitrogen and oxygen atoms in total. The Morgan fingerprint density at radius 2 is 1.90 bits per heavy atom. The van der Waals surface area contributed by atoms with E-state index in [0.717, 1.165) is 22.2 Å². The number of aromatic nitrogens is 1. The number of unbranched alkanes of at least 4 members (excludes halogenated alkanes) is 2. The molecule has 0 aliphatic heterocycles. The number of nitrogens with zero attached hydrogens (tertiary/aromatic N) is 1. The number of hydrogen-bond acceptors (Lipinski definition) is 3. The summed E-state index contributed by atoms with van der Waals surface area (Å²) in [7, 11) is -3.23. The van der Waals surface area contributed by atoms with Crippen molar-refractivity contribution in [2.45, 2.75) is 31.1 Å². The van der Waals surface area contributed by atoms with Crippen LogP contribution in [-0.4, -0.2) is 25.5 Å². The lowest BCUT2D eigenvalue weighted by molar-refractivity contribution is 0.602. The van der Waals surface area contributed by atoms with Crippen LogP contribution >= 0.6 is 23.2 Å². The van der Waals surface area contributed by atoms with E-state index >= 15 is 0 Å². The number of benzene rings is 2. The highest BCUT2D eigenvalue weighted by atomic mass is 35.5. The van der Waals surface area contributed by atoms with Crippen LogP contribution in [0.3, 0.4) is 0 Å². The Morgan fingerprint density at radius 1 is 1.19 bits per heavy atom. The first-order chi connectivity index (χ1) is 9.90. The summed E-state index contributed by atoms with van der Waals surface area (Å²) in [6.07, 6.45) is 4.91. The third kappa shape index (κ3) is 3.33. The van der Waals surface area contributed by atoms with Crippen molar-refractivity contribution >= 4 is 54.8 Å². The zero-order valence-electron chi connectivity index (χ0n) is 12.0. The zero-order chi connectivity index (χ0) is 15.6. The molecule has 0 aliphatic carbocycles. The van der Waals surface area contributed by atoms with E-state index in [0.29, 0.717) is 10.5 Å². The Kier molecular flexibility index (Phi) is 5.12. The van der Waals surface area contributed by atoms with E-state index in [-0.39, 0.29) is 4.90 Å². The van der Waals surface area contributed by atoms with Crippen LogP contribution in [0.5, 0.6) is 0 Å². The molecular formula is C15H17Cl2NO2S. The van der Waals surface area contributed by atoms with Gasteiger partial charge < -0.3 is 0 Å². The number of halogens is 2. The molecule has 0 aliphatic rings. The van der Waals surface area contributed by atoms with Gasteiger partial charge in [0, 0.05) is 22.9 Å². The second-order valence-corrected chi connectivity index (χ2v) is 7.77. The van der Waals surface area contributed by atoms with E-state index in [4.69, 9.17) is 23.2 Å². The number of fused-ring (bicyclic) bond motifs is 1. The summed E-state index contributed by atoms with van der Waals surface area (Å²) in [4.78, 5) is 4.43. The van der Waals surface area contributed by atoms with Crippen molar-refractivity contribution in [2.75, 3.05) is 12.1 Å². The predicted octanol–water partition coefficient (Wildman–Crippen LogP) is 4.74. The van der Waals surface area contributed by atoms with Crippen molar-refractivity contribution in [3.05, 3.63) is 23.2 Å². The number of hydrogen-bond donors (Lipinski definition) is 0. The third-order valence-electron chi connectivity index (χ3n) is 3.28. The van der Waals surface area contributed by atoms with Gasteiger partial charge in [-0.2, -0.15) is 0 Å². The fourth-order valence-corrected chi connectivity index (χ4v) is 3.45. The molecule has 0 saturated heterocycles. The number of sulfone groups is 1. The van der Waals surface area contributed by atoms with Gasteiger partial charge in [0.15, 0.2) is 9.84 Å². The Hall–Kier alpha value is -0.840. The molecule has 0 unspecified atom stereocenters. The van der Waals surface area contributed by atoms with E-state index in [1.807, 2.05) is 0 Å². The minimum Gasteiger partial charge on any atom is -0.246 e. The third-order valence-corrected chi connectivity index (χ3v) is 4.97. The van der Waals surface area contributed by atoms with E-state index < -0.39 is 9.84 Å². The predicted molar refractivity (Wildman–Crippen MR) is 90.0 cm³/mol. The van der Waals surface area contributed by atoms with Gasteiger partial charge in [0.25, 0.3) is 0 Å². The average Bonchev–Trinajstić information content (AvgIpc) is 2.40. The monoisotopic (exact) mass is 345 g/mol. The van der Waals surface area contributed by atoms with Crippen molar-refractivity contribution in [1.29, 1.82) is 0 Å². The SMILES string of the molecule is CCCCCCl.CS(=O)(=O)c1cc2ccc(Cl)c3c1nc23. The van der Waals surface area contributed by atoms with Gasteiger partial charge in [-0.05, 0) is 18.6 Å². The topological polar surface area (TPSA) is 47.0 Å². The van der Waals surface area contributed by atoms with E-state index in [1.165, 1.54) is 25.5 Å². The van der Waals surface area contributed by atoms with Gasteiger partial charge in [-0.1, -0.05) is 37.4 Å². The highest BCUT2D eigenvalue weighted by Gasteiger charge is 2.22. The minimum atomic E-state index is -3.23. The molecule has 0 atom stereocenters. The van der Waals surface area contributed by atoms with Crippen LogP contribution in [0.1, 0.15) is 26.2 Å². The molecule has 4 bridgehead atoms. The highest BCUT2D eigenvalue weighted by molar-refractivity contribution is 7.91. The normalized spacial score (nSPS) is 12.0. The second kappa shape index (κ2) is 6.51. The largest absolute Gasteiger partial charge is 0.246 e. The molecule has 0 spiro atoms. The molecule has 0 amide bonds. The van der Waals surface area contributed by atoms with Crippen molar-refractivity contribution in [3.63, 3.8) is 0 Å². The van der Waals surface area contributed by atoms with Crippen molar-refractivity contribution in [1.82, 2.24) is 4.98 Å². The van der Waals surface area contributed by atoms with Crippen LogP contribution in [-0.2, 0) is 9.84 Å². The van der Waals surface area contributed by atoms with Crippen molar-refractivity contribution < 1.29 is 8.42 Å². The maximum Gasteiger partial charge on any atom is 0.177 e. The molecule has 114 valence electrons. The summed E-state index contributed by atoms with van der Waals surface area (Å²) >= 11 is 11.4. The average molecular weight is 346 g/mol. The summed E-state index contributed by atoms with van der Waals surface area (Å²) < 4.78 is 23.0. The number of alkyl halides is 1. The van der Waals surface area contributed by atoms with Crippen LogP contribution < -0.4 is 0 Å². The Balaban J connectivity index is 0.000000232. The van der Waals surface area contributed by atoms with E-state index in [1.54, 1.807) is 18.2 Å². The molecule has 2 heterocycles. The van der Waals surface area contributed by atoms with Gasteiger partial charge in [0.2, 0.25) is 0 Å². The van der Waals surface area contributed by atoms with Gasteiger partial charge in [0.1, 0.15) is 0 Å². The van der Waals surface area contributed by atoms with Gasteiger partial charge in [-0.25, -0.2) is 13.4 Å². The lowest BCUT2D eigenvalue weighted by Gasteiger charge is -2.14. The fourth-order valence-electron chi connectivity index (χ4n) is 2.17. The second-order valence-electron chi connectivity index (χ2n) is 5.00. The first kappa shape index (κ1) is 16.5. The van der Waals surface area contributed by atoms with Gasteiger partial charge in [-0.15, -0.1) is 11.6 Å². The molecule has 0 fully saturated rings. The molecule has 6 heteroatoms. The lowest BCUT2D eigenvalue weighted by Crippen LogP contribution is -2.04. The van der Waals surface area contributed by atoms with Crippen molar-refractivity contribution in [3.8, 4) is 0 Å². The Bertz CT molecular complexity index is 813. The number of pyridine rings is 1. The minimum absolute atomic E-state index is 0.269. The summed E-state index contributed by atoms with van der Waals surface area (Å²) in [6, 6.07) is 5.20. The molecule has 4 aromatic rings. The Morgan fingerprint density at radius 3 is 2.43 bits per heavy atom. The van der Waals surface area contributed by atoms with Crippen molar-refractivity contribution in [2.24, 2.45) is 0 Å². The van der Waals surface area contributed by atoms with Crippen LogP contribution in [0.4, 0.5) is 0 Å². The maximum atomic E-state index is 11.5. The fraction of sp³-hybridized carbons (Fsp3) is 0.400. The van der Waals surface area contributed by atoms with Crippen LogP contribution in [0.25, 0.3) is 21.8 Å². The summed E-state index contributed by atoms with van der Waals surface area (Å²) in [5.41, 5.74) is 1.32. The van der Waals surface area contributed by atoms with Gasteiger partial charge >= 0.3 is 0 Å². The summed E-state index contributed by atoms with van der Waals surface area (Å²) in [5.74, 6) is 0.827. The summed E-state index contributed by atoms with van der Waals surface area (Å²) in [6.45, 7) is 2.17. The Labute approximate surface area is 134 Å².